The van der Waals surface area contributed by atoms with Gasteiger partial charge in [0.2, 0.25) is 5.91 Å². The van der Waals surface area contributed by atoms with E-state index in [1.165, 1.54) is 33.9 Å². The summed E-state index contributed by atoms with van der Waals surface area (Å²) in [5, 5.41) is 7.19. The zero-order chi connectivity index (χ0) is 18.5. The summed E-state index contributed by atoms with van der Waals surface area (Å²) in [5.41, 5.74) is 0.694. The Bertz CT molecular complexity index is 965. The molecule has 2 heterocycles. The quantitative estimate of drug-likeness (QED) is 0.632. The number of rotatable bonds is 7. The van der Waals surface area contributed by atoms with Crippen LogP contribution in [0.4, 0.5) is 4.39 Å². The molecule has 3 rings (SSSR count). The number of carbonyl (C=O) groups is 1. The predicted octanol–water partition coefficient (Wildman–Crippen LogP) is 0.874. The van der Waals surface area contributed by atoms with E-state index < -0.39 is 0 Å². The maximum absolute atomic E-state index is 13.1. The standard InChI is InChI=1S/C17H18FN5O3/c1-26-9-7-19-15(24)6-8-22-11-20-16-14(17(22)25)10-21-23(16)13-4-2-12(18)3-5-13/h2-5,10-11H,6-9H2,1H3,(H,19,24). The molecule has 0 atom stereocenters. The second-order valence-electron chi connectivity index (χ2n) is 5.61. The second-order valence-corrected chi connectivity index (χ2v) is 5.61. The van der Waals surface area contributed by atoms with Crippen LogP contribution in [0.1, 0.15) is 6.42 Å². The van der Waals surface area contributed by atoms with Crippen LogP contribution in [-0.2, 0) is 16.1 Å². The van der Waals surface area contributed by atoms with E-state index in [1.54, 1.807) is 19.2 Å². The average Bonchev–Trinajstić information content (AvgIpc) is 3.07. The summed E-state index contributed by atoms with van der Waals surface area (Å²) < 4.78 is 20.8. The zero-order valence-electron chi connectivity index (χ0n) is 14.2. The van der Waals surface area contributed by atoms with Crippen molar-refractivity contribution >= 4 is 16.9 Å². The van der Waals surface area contributed by atoms with E-state index in [0.29, 0.717) is 29.9 Å². The van der Waals surface area contributed by atoms with Gasteiger partial charge in [0, 0.05) is 26.6 Å². The molecular formula is C17H18FN5O3. The minimum Gasteiger partial charge on any atom is -0.383 e. The van der Waals surface area contributed by atoms with Crippen LogP contribution in [0.25, 0.3) is 16.7 Å². The van der Waals surface area contributed by atoms with Crippen molar-refractivity contribution in [3.05, 3.63) is 53.0 Å². The van der Waals surface area contributed by atoms with Crippen molar-refractivity contribution in [2.75, 3.05) is 20.3 Å². The number of halogens is 1. The van der Waals surface area contributed by atoms with E-state index in [-0.39, 0.29) is 30.2 Å². The lowest BCUT2D eigenvalue weighted by Gasteiger charge is -2.07. The molecule has 0 spiro atoms. The van der Waals surface area contributed by atoms with Gasteiger partial charge in [-0.3, -0.25) is 14.2 Å². The number of carbonyl (C=O) groups excluding carboxylic acids is 1. The molecular weight excluding hydrogens is 341 g/mol. The van der Waals surface area contributed by atoms with Crippen molar-refractivity contribution < 1.29 is 13.9 Å². The fourth-order valence-corrected chi connectivity index (χ4v) is 2.48. The van der Waals surface area contributed by atoms with Crippen molar-refractivity contribution in [1.29, 1.82) is 0 Å². The summed E-state index contributed by atoms with van der Waals surface area (Å²) in [4.78, 5) is 28.6. The van der Waals surface area contributed by atoms with E-state index in [2.05, 4.69) is 15.4 Å². The van der Waals surface area contributed by atoms with E-state index in [4.69, 9.17) is 4.74 Å². The van der Waals surface area contributed by atoms with Crippen LogP contribution in [-0.4, -0.2) is 45.5 Å². The number of nitrogens with zero attached hydrogens (tertiary/aromatic N) is 4. The van der Waals surface area contributed by atoms with Gasteiger partial charge < -0.3 is 10.1 Å². The first-order valence-electron chi connectivity index (χ1n) is 8.05. The van der Waals surface area contributed by atoms with Gasteiger partial charge >= 0.3 is 0 Å². The van der Waals surface area contributed by atoms with Crippen LogP contribution in [0.2, 0.25) is 0 Å². The fourth-order valence-electron chi connectivity index (χ4n) is 2.48. The minimum absolute atomic E-state index is 0.156. The highest BCUT2D eigenvalue weighted by atomic mass is 19.1. The third kappa shape index (κ3) is 3.77. The molecule has 0 aliphatic heterocycles. The molecule has 0 radical (unpaired) electrons. The van der Waals surface area contributed by atoms with Crippen LogP contribution in [0, 0.1) is 5.82 Å². The van der Waals surface area contributed by atoms with Crippen molar-refractivity contribution in [3.63, 3.8) is 0 Å². The minimum atomic E-state index is -0.357. The monoisotopic (exact) mass is 359 g/mol. The summed E-state index contributed by atoms with van der Waals surface area (Å²) in [7, 11) is 1.55. The van der Waals surface area contributed by atoms with Crippen LogP contribution in [0.15, 0.2) is 41.6 Å². The number of nitrogens with one attached hydrogen (secondary N) is 1. The first-order valence-corrected chi connectivity index (χ1v) is 8.05. The van der Waals surface area contributed by atoms with Crippen LogP contribution in [0.5, 0.6) is 0 Å². The number of hydrogen-bond donors (Lipinski definition) is 1. The van der Waals surface area contributed by atoms with Crippen molar-refractivity contribution in [2.45, 2.75) is 13.0 Å². The maximum Gasteiger partial charge on any atom is 0.264 e. The molecule has 0 unspecified atom stereocenters. The lowest BCUT2D eigenvalue weighted by Crippen LogP contribution is -2.29. The third-order valence-corrected chi connectivity index (χ3v) is 3.83. The van der Waals surface area contributed by atoms with Crippen LogP contribution >= 0.6 is 0 Å². The first kappa shape index (κ1) is 17.7. The highest BCUT2D eigenvalue weighted by Crippen LogP contribution is 2.14. The van der Waals surface area contributed by atoms with Crippen molar-refractivity contribution in [1.82, 2.24) is 24.6 Å². The van der Waals surface area contributed by atoms with Gasteiger partial charge in [-0.25, -0.2) is 14.1 Å². The van der Waals surface area contributed by atoms with Crippen LogP contribution in [0.3, 0.4) is 0 Å². The lowest BCUT2D eigenvalue weighted by molar-refractivity contribution is -0.121. The SMILES string of the molecule is COCCNC(=O)CCn1cnc2c(cnn2-c2ccc(F)cc2)c1=O. The molecule has 9 heteroatoms. The number of amides is 1. The third-order valence-electron chi connectivity index (χ3n) is 3.83. The van der Waals surface area contributed by atoms with E-state index in [0.717, 1.165) is 0 Å². The highest BCUT2D eigenvalue weighted by Gasteiger charge is 2.12. The molecule has 0 saturated heterocycles. The molecule has 0 aliphatic carbocycles. The average molecular weight is 359 g/mol. The molecule has 1 amide bonds. The van der Waals surface area contributed by atoms with Gasteiger partial charge in [0.05, 0.1) is 24.8 Å². The number of benzene rings is 1. The van der Waals surface area contributed by atoms with E-state index in [9.17, 15) is 14.0 Å². The fraction of sp³-hybridized carbons (Fsp3) is 0.294. The number of methoxy groups -OCH3 is 1. The van der Waals surface area contributed by atoms with Gasteiger partial charge in [-0.05, 0) is 24.3 Å². The number of ether oxygens (including phenoxy) is 1. The highest BCUT2D eigenvalue weighted by molar-refractivity contribution is 5.76. The number of aromatic nitrogens is 4. The molecule has 2 aromatic heterocycles. The second kappa shape index (κ2) is 7.87. The van der Waals surface area contributed by atoms with Crippen molar-refractivity contribution in [3.8, 4) is 5.69 Å². The Hall–Kier alpha value is -3.07. The normalized spacial score (nSPS) is 11.0. The summed E-state index contributed by atoms with van der Waals surface area (Å²) >= 11 is 0. The van der Waals surface area contributed by atoms with Crippen molar-refractivity contribution in [2.24, 2.45) is 0 Å². The Morgan fingerprint density at radius 1 is 1.31 bits per heavy atom. The van der Waals surface area contributed by atoms with Crippen LogP contribution < -0.4 is 10.9 Å². The smallest absolute Gasteiger partial charge is 0.264 e. The number of fused-ring (bicyclic) bond motifs is 1. The summed E-state index contributed by atoms with van der Waals surface area (Å²) in [6.45, 7) is 1.07. The van der Waals surface area contributed by atoms with Gasteiger partial charge in [-0.2, -0.15) is 5.10 Å². The zero-order valence-corrected chi connectivity index (χ0v) is 14.2. The first-order chi connectivity index (χ1) is 12.6. The Balaban J connectivity index is 1.78. The van der Waals surface area contributed by atoms with E-state index >= 15 is 0 Å². The summed E-state index contributed by atoms with van der Waals surface area (Å²) in [6.07, 6.45) is 2.96. The molecule has 136 valence electrons. The topological polar surface area (TPSA) is 91.0 Å². The predicted molar refractivity (Wildman–Crippen MR) is 92.6 cm³/mol. The molecule has 0 fully saturated rings. The molecule has 3 aromatic rings. The molecule has 1 aromatic carbocycles. The Labute approximate surface area is 148 Å². The lowest BCUT2D eigenvalue weighted by atomic mass is 10.3. The summed E-state index contributed by atoms with van der Waals surface area (Å²) in [6, 6.07) is 5.73. The maximum atomic E-state index is 13.1. The van der Waals surface area contributed by atoms with Gasteiger partial charge in [0.1, 0.15) is 11.2 Å². The molecule has 26 heavy (non-hydrogen) atoms. The van der Waals surface area contributed by atoms with Gasteiger partial charge in [0.25, 0.3) is 5.56 Å². The molecule has 1 N–H and O–H groups in total. The molecule has 8 nitrogen and oxygen atoms in total. The molecule has 0 aliphatic rings. The Morgan fingerprint density at radius 3 is 2.81 bits per heavy atom. The number of aryl methyl sites for hydroxylation is 1. The number of hydrogen-bond acceptors (Lipinski definition) is 5. The van der Waals surface area contributed by atoms with Gasteiger partial charge in [-0.15, -0.1) is 0 Å². The molecule has 0 bridgehead atoms. The van der Waals surface area contributed by atoms with Gasteiger partial charge in [0.15, 0.2) is 5.65 Å². The molecule has 0 saturated carbocycles. The summed E-state index contributed by atoms with van der Waals surface area (Å²) in [5.74, 6) is -0.527. The Morgan fingerprint density at radius 2 is 2.08 bits per heavy atom. The van der Waals surface area contributed by atoms with Gasteiger partial charge in [-0.1, -0.05) is 0 Å². The largest absolute Gasteiger partial charge is 0.383 e. The Kier molecular flexibility index (Phi) is 5.37. The van der Waals surface area contributed by atoms with E-state index in [1.807, 2.05) is 0 Å².